The predicted octanol–water partition coefficient (Wildman–Crippen LogP) is 4.12. The minimum absolute atomic E-state index is 0.116. The van der Waals surface area contributed by atoms with Crippen molar-refractivity contribution >= 4 is 37.5 Å². The van der Waals surface area contributed by atoms with Crippen LogP contribution in [0.1, 0.15) is 42.6 Å². The van der Waals surface area contributed by atoms with Gasteiger partial charge >= 0.3 is 0 Å². The van der Waals surface area contributed by atoms with Gasteiger partial charge in [0, 0.05) is 22.6 Å². The van der Waals surface area contributed by atoms with E-state index in [4.69, 9.17) is 0 Å². The summed E-state index contributed by atoms with van der Waals surface area (Å²) in [6.45, 7) is 4.45. The molecule has 144 valence electrons. The van der Waals surface area contributed by atoms with Gasteiger partial charge in [0.2, 0.25) is 0 Å². The first-order valence-corrected chi connectivity index (χ1v) is 11.3. The van der Waals surface area contributed by atoms with Crippen molar-refractivity contribution in [2.24, 2.45) is 0 Å². The normalized spacial score (nSPS) is 14.7. The molecule has 0 fully saturated rings. The molecule has 5 nitrogen and oxygen atoms in total. The third-order valence-corrected chi connectivity index (χ3v) is 7.05. The zero-order valence-corrected chi connectivity index (χ0v) is 17.8. The fourth-order valence-electron chi connectivity index (χ4n) is 3.31. The molecule has 1 heterocycles. The number of carbonyl (C=O) groups excluding carboxylic acids is 1. The number of nitrogens with one attached hydrogen (secondary N) is 1. The molecule has 0 radical (unpaired) electrons. The lowest BCUT2D eigenvalue weighted by Crippen LogP contribution is -2.32. The molecule has 2 aromatic carbocycles. The van der Waals surface area contributed by atoms with Crippen LogP contribution in [0.5, 0.6) is 0 Å². The minimum atomic E-state index is -3.62. The maximum Gasteiger partial charge on any atom is 0.264 e. The third kappa shape index (κ3) is 4.19. The lowest BCUT2D eigenvalue weighted by Gasteiger charge is -2.20. The zero-order valence-electron chi connectivity index (χ0n) is 15.4. The SMILES string of the molecule is CCC[C@H](C)NC(=O)c1ccc2c(c1)CCN2S(=O)(=O)c1ccc(Br)cc1. The summed E-state index contributed by atoms with van der Waals surface area (Å²) >= 11 is 3.32. The molecule has 0 bridgehead atoms. The Kier molecular flexibility index (Phi) is 5.91. The highest BCUT2D eigenvalue weighted by atomic mass is 79.9. The Hall–Kier alpha value is -1.86. The van der Waals surface area contributed by atoms with E-state index < -0.39 is 10.0 Å². The number of carbonyl (C=O) groups is 1. The van der Waals surface area contributed by atoms with E-state index in [2.05, 4.69) is 28.2 Å². The molecule has 2 aromatic rings. The first kappa shape index (κ1) is 19.9. The molecular weight excluding hydrogens is 428 g/mol. The quantitative estimate of drug-likeness (QED) is 0.719. The number of anilines is 1. The predicted molar refractivity (Wildman–Crippen MR) is 111 cm³/mol. The molecule has 3 rings (SSSR count). The summed E-state index contributed by atoms with van der Waals surface area (Å²) in [5.74, 6) is -0.118. The first-order valence-electron chi connectivity index (χ1n) is 9.05. The molecule has 0 aromatic heterocycles. The summed E-state index contributed by atoms with van der Waals surface area (Å²) in [5.41, 5.74) is 2.10. The van der Waals surface area contributed by atoms with Gasteiger partial charge in [-0.25, -0.2) is 8.42 Å². The molecule has 0 saturated carbocycles. The first-order chi connectivity index (χ1) is 12.8. The van der Waals surface area contributed by atoms with Gasteiger partial charge in [-0.3, -0.25) is 9.10 Å². The second-order valence-electron chi connectivity index (χ2n) is 6.79. The fourth-order valence-corrected chi connectivity index (χ4v) is 5.08. The molecule has 0 unspecified atom stereocenters. The molecule has 1 atom stereocenters. The maximum absolute atomic E-state index is 13.0. The average molecular weight is 451 g/mol. The standard InChI is InChI=1S/C20H23BrN2O3S/c1-3-4-14(2)22-20(24)16-5-10-19-15(13-16)11-12-23(19)27(25,26)18-8-6-17(21)7-9-18/h5-10,13-14H,3-4,11-12H2,1-2H3,(H,22,24)/t14-/m0/s1. The van der Waals surface area contributed by atoms with Crippen LogP contribution in [0.25, 0.3) is 0 Å². The van der Waals surface area contributed by atoms with Gasteiger partial charge in [0.15, 0.2) is 0 Å². The largest absolute Gasteiger partial charge is 0.350 e. The van der Waals surface area contributed by atoms with Gasteiger partial charge in [-0.1, -0.05) is 29.3 Å². The molecule has 1 N–H and O–H groups in total. The Bertz CT molecular complexity index is 942. The fraction of sp³-hybridized carbons (Fsp3) is 0.350. The molecule has 27 heavy (non-hydrogen) atoms. The van der Waals surface area contributed by atoms with E-state index in [1.165, 1.54) is 4.31 Å². The van der Waals surface area contributed by atoms with Crippen LogP contribution in [-0.4, -0.2) is 26.9 Å². The van der Waals surface area contributed by atoms with Gasteiger partial charge < -0.3 is 5.32 Å². The van der Waals surface area contributed by atoms with Crippen LogP contribution in [0.3, 0.4) is 0 Å². The number of sulfonamides is 1. The number of rotatable bonds is 6. The number of hydrogen-bond donors (Lipinski definition) is 1. The Morgan fingerprint density at radius 2 is 1.93 bits per heavy atom. The lowest BCUT2D eigenvalue weighted by molar-refractivity contribution is 0.0938. The van der Waals surface area contributed by atoms with Crippen LogP contribution in [-0.2, 0) is 16.4 Å². The average Bonchev–Trinajstić information content (AvgIpc) is 3.06. The summed E-state index contributed by atoms with van der Waals surface area (Å²) < 4.78 is 28.2. The van der Waals surface area contributed by atoms with Crippen LogP contribution in [0, 0.1) is 0 Å². The monoisotopic (exact) mass is 450 g/mol. The van der Waals surface area contributed by atoms with Crippen LogP contribution < -0.4 is 9.62 Å². The van der Waals surface area contributed by atoms with Crippen LogP contribution >= 0.6 is 15.9 Å². The van der Waals surface area contributed by atoms with Crippen LogP contribution in [0.15, 0.2) is 51.8 Å². The van der Waals surface area contributed by atoms with Crippen molar-refractivity contribution in [3.8, 4) is 0 Å². The highest BCUT2D eigenvalue weighted by molar-refractivity contribution is 9.10. The van der Waals surface area contributed by atoms with Crippen molar-refractivity contribution in [3.63, 3.8) is 0 Å². The number of hydrogen-bond acceptors (Lipinski definition) is 3. The summed E-state index contributed by atoms with van der Waals surface area (Å²) in [5, 5.41) is 2.99. The van der Waals surface area contributed by atoms with Gasteiger partial charge in [-0.2, -0.15) is 0 Å². The highest BCUT2D eigenvalue weighted by Gasteiger charge is 2.31. The molecular formula is C20H23BrN2O3S. The van der Waals surface area contributed by atoms with E-state index in [0.29, 0.717) is 24.2 Å². The third-order valence-electron chi connectivity index (χ3n) is 4.70. The van der Waals surface area contributed by atoms with Crippen LogP contribution in [0.4, 0.5) is 5.69 Å². The Morgan fingerprint density at radius 3 is 2.59 bits per heavy atom. The molecule has 1 aliphatic heterocycles. The molecule has 0 saturated heterocycles. The molecule has 7 heteroatoms. The van der Waals surface area contributed by atoms with Crippen molar-refractivity contribution in [3.05, 3.63) is 58.1 Å². The minimum Gasteiger partial charge on any atom is -0.350 e. The van der Waals surface area contributed by atoms with E-state index >= 15 is 0 Å². The van der Waals surface area contributed by atoms with Gasteiger partial charge in [-0.05, 0) is 67.8 Å². The van der Waals surface area contributed by atoms with Crippen molar-refractivity contribution in [2.75, 3.05) is 10.8 Å². The van der Waals surface area contributed by atoms with Gasteiger partial charge in [-0.15, -0.1) is 0 Å². The number of fused-ring (bicyclic) bond motifs is 1. The van der Waals surface area contributed by atoms with Crippen molar-refractivity contribution in [1.29, 1.82) is 0 Å². The molecule has 0 spiro atoms. The van der Waals surface area contributed by atoms with E-state index in [1.54, 1.807) is 42.5 Å². The maximum atomic E-state index is 13.0. The summed E-state index contributed by atoms with van der Waals surface area (Å²) in [7, 11) is -3.62. The van der Waals surface area contributed by atoms with Gasteiger partial charge in [0.05, 0.1) is 10.6 Å². The van der Waals surface area contributed by atoms with Crippen molar-refractivity contribution in [1.82, 2.24) is 5.32 Å². The lowest BCUT2D eigenvalue weighted by atomic mass is 10.1. The van der Waals surface area contributed by atoms with E-state index in [-0.39, 0.29) is 16.8 Å². The topological polar surface area (TPSA) is 66.5 Å². The zero-order chi connectivity index (χ0) is 19.6. The number of amides is 1. The second-order valence-corrected chi connectivity index (χ2v) is 9.57. The summed E-state index contributed by atoms with van der Waals surface area (Å²) in [4.78, 5) is 12.7. The summed E-state index contributed by atoms with van der Waals surface area (Å²) in [6, 6.07) is 12.0. The van der Waals surface area contributed by atoms with Crippen molar-refractivity contribution < 1.29 is 13.2 Å². The molecule has 0 aliphatic carbocycles. The number of nitrogens with zero attached hydrogens (tertiary/aromatic N) is 1. The van der Waals surface area contributed by atoms with Crippen molar-refractivity contribution in [2.45, 2.75) is 44.0 Å². The summed E-state index contributed by atoms with van der Waals surface area (Å²) in [6.07, 6.45) is 2.53. The Labute approximate surface area is 169 Å². The highest BCUT2D eigenvalue weighted by Crippen LogP contribution is 2.33. The van der Waals surface area contributed by atoms with E-state index in [1.807, 2.05) is 6.92 Å². The Balaban J connectivity index is 1.84. The number of halogens is 1. The van der Waals surface area contributed by atoms with Crippen LogP contribution in [0.2, 0.25) is 0 Å². The van der Waals surface area contributed by atoms with Gasteiger partial charge in [0.25, 0.3) is 15.9 Å². The van der Waals surface area contributed by atoms with E-state index in [0.717, 1.165) is 22.9 Å². The van der Waals surface area contributed by atoms with Gasteiger partial charge in [0.1, 0.15) is 0 Å². The second kappa shape index (κ2) is 8.02. The van der Waals surface area contributed by atoms with E-state index in [9.17, 15) is 13.2 Å². The smallest absolute Gasteiger partial charge is 0.264 e. The number of benzene rings is 2. The Morgan fingerprint density at radius 1 is 1.22 bits per heavy atom. The molecule has 1 aliphatic rings. The molecule has 1 amide bonds.